The van der Waals surface area contributed by atoms with Crippen molar-refractivity contribution < 1.29 is 13.2 Å². The molecule has 0 spiro atoms. The molecule has 1 aromatic heterocycles. The number of rotatable bonds is 5. The number of anilines is 1. The Morgan fingerprint density at radius 1 is 1.25 bits per heavy atom. The summed E-state index contributed by atoms with van der Waals surface area (Å²) >= 11 is 2.64. The van der Waals surface area contributed by atoms with Gasteiger partial charge in [0.25, 0.3) is 10.0 Å². The fraction of sp³-hybridized carbons (Fsp3) is 0.214. The van der Waals surface area contributed by atoms with Crippen molar-refractivity contribution in [1.29, 1.82) is 0 Å². The summed E-state index contributed by atoms with van der Waals surface area (Å²) < 4.78 is 26.9. The quantitative estimate of drug-likeness (QED) is 0.820. The van der Waals surface area contributed by atoms with Gasteiger partial charge in [0, 0.05) is 11.1 Å². The maximum absolute atomic E-state index is 12.2. The fourth-order valence-corrected chi connectivity index (χ4v) is 4.68. The van der Waals surface area contributed by atoms with E-state index in [1.54, 1.807) is 23.6 Å². The molecule has 2 heterocycles. The Kier molecular flexibility index (Phi) is 5.17. The second-order valence-electron chi connectivity index (χ2n) is 4.82. The summed E-state index contributed by atoms with van der Waals surface area (Å²) in [5.74, 6) is 0.656. The van der Waals surface area contributed by atoms with Gasteiger partial charge in [-0.05, 0) is 12.1 Å². The number of hydrogen-bond acceptors (Lipinski definition) is 7. The van der Waals surface area contributed by atoms with Gasteiger partial charge in [-0.1, -0.05) is 30.0 Å². The maximum atomic E-state index is 12.2. The third-order valence-corrected chi connectivity index (χ3v) is 6.18. The van der Waals surface area contributed by atoms with Crippen LogP contribution in [-0.4, -0.2) is 36.8 Å². The van der Waals surface area contributed by atoms with Crippen LogP contribution in [0.5, 0.6) is 0 Å². The van der Waals surface area contributed by atoms with Crippen LogP contribution >= 0.6 is 23.1 Å². The molecule has 1 aliphatic heterocycles. The van der Waals surface area contributed by atoms with Crippen molar-refractivity contribution >= 4 is 49.3 Å². The maximum Gasteiger partial charge on any atom is 0.263 e. The number of amidine groups is 1. The van der Waals surface area contributed by atoms with E-state index in [9.17, 15) is 13.2 Å². The summed E-state index contributed by atoms with van der Waals surface area (Å²) in [6.45, 7) is 0.711. The monoisotopic (exact) mass is 382 g/mol. The number of hydrogen-bond donors (Lipinski definition) is 2. The number of benzene rings is 1. The highest BCUT2D eigenvalue weighted by molar-refractivity contribution is 8.14. The molecule has 1 aliphatic rings. The van der Waals surface area contributed by atoms with Crippen LogP contribution in [0.25, 0.3) is 0 Å². The largest absolute Gasteiger partial charge is 0.305 e. The van der Waals surface area contributed by atoms with Crippen LogP contribution in [0.4, 0.5) is 5.13 Å². The minimum atomic E-state index is -3.67. The first-order valence-electron chi connectivity index (χ1n) is 7.02. The van der Waals surface area contributed by atoms with Crippen molar-refractivity contribution in [3.63, 3.8) is 0 Å². The molecular formula is C14H14N4O3S3. The Hall–Kier alpha value is -1.91. The number of aliphatic imine (C=N–C) groups is 1. The van der Waals surface area contributed by atoms with Gasteiger partial charge in [0.15, 0.2) is 10.3 Å². The number of thioether (sulfide) groups is 1. The van der Waals surface area contributed by atoms with Gasteiger partial charge in [0.05, 0.1) is 23.6 Å². The summed E-state index contributed by atoms with van der Waals surface area (Å²) in [5, 5.41) is 5.23. The van der Waals surface area contributed by atoms with Crippen LogP contribution in [-0.2, 0) is 21.2 Å². The predicted octanol–water partition coefficient (Wildman–Crippen LogP) is 1.71. The van der Waals surface area contributed by atoms with Crippen LogP contribution in [0.2, 0.25) is 0 Å². The first-order valence-corrected chi connectivity index (χ1v) is 10.4. The van der Waals surface area contributed by atoms with Gasteiger partial charge in [-0.25, -0.2) is 13.4 Å². The molecule has 2 aromatic rings. The van der Waals surface area contributed by atoms with Crippen LogP contribution in [0.3, 0.4) is 0 Å². The number of thiazole rings is 1. The molecule has 126 valence electrons. The lowest BCUT2D eigenvalue weighted by atomic mass is 10.3. The number of nitrogens with zero attached hydrogens (tertiary/aromatic N) is 2. The standard InChI is InChI=1S/C14H14N4O3S3/c19-12(17-13-15-6-7-22-13)8-10-9-23-14(16-10)18-24(20,21)11-4-2-1-3-5-11/h1-5,9H,6-8H2,(H,16,18)(H,15,17,19). The zero-order chi connectivity index (χ0) is 17.0. The Bertz CT molecular complexity index is 862. The van der Waals surface area contributed by atoms with E-state index in [-0.39, 0.29) is 22.4 Å². The number of sulfonamides is 1. The van der Waals surface area contributed by atoms with Crippen molar-refractivity contribution in [2.24, 2.45) is 4.99 Å². The number of amides is 1. The molecule has 1 aromatic carbocycles. The molecule has 0 bridgehead atoms. The average molecular weight is 382 g/mol. The van der Waals surface area contributed by atoms with Crippen LogP contribution in [0, 0.1) is 0 Å². The molecule has 1 amide bonds. The molecular weight excluding hydrogens is 368 g/mol. The normalized spacial score (nSPS) is 14.2. The highest BCUT2D eigenvalue weighted by Gasteiger charge is 2.17. The molecule has 0 radical (unpaired) electrons. The molecule has 24 heavy (non-hydrogen) atoms. The van der Waals surface area contributed by atoms with Gasteiger partial charge in [0.1, 0.15) is 0 Å². The summed E-state index contributed by atoms with van der Waals surface area (Å²) in [6.07, 6.45) is 0.0726. The highest BCUT2D eigenvalue weighted by Crippen LogP contribution is 2.20. The first kappa shape index (κ1) is 16.9. The van der Waals surface area contributed by atoms with E-state index >= 15 is 0 Å². The van der Waals surface area contributed by atoms with Crippen LogP contribution in [0.15, 0.2) is 45.6 Å². The SMILES string of the molecule is O=C(Cc1csc(NS(=O)(=O)c2ccccc2)n1)NC1=NCCS1. The van der Waals surface area contributed by atoms with E-state index in [2.05, 4.69) is 20.0 Å². The second kappa shape index (κ2) is 7.32. The van der Waals surface area contributed by atoms with E-state index < -0.39 is 10.0 Å². The molecule has 0 saturated heterocycles. The fourth-order valence-electron chi connectivity index (χ4n) is 1.95. The molecule has 7 nitrogen and oxygen atoms in total. The van der Waals surface area contributed by atoms with Gasteiger partial charge in [-0.2, -0.15) is 0 Å². The highest BCUT2D eigenvalue weighted by atomic mass is 32.2. The predicted molar refractivity (Wildman–Crippen MR) is 96.0 cm³/mol. The van der Waals surface area contributed by atoms with Gasteiger partial charge in [-0.3, -0.25) is 14.5 Å². The van der Waals surface area contributed by atoms with Crippen molar-refractivity contribution in [2.45, 2.75) is 11.3 Å². The molecule has 0 atom stereocenters. The van der Waals surface area contributed by atoms with Gasteiger partial charge >= 0.3 is 0 Å². The van der Waals surface area contributed by atoms with E-state index in [0.29, 0.717) is 17.4 Å². The molecule has 3 rings (SSSR count). The van der Waals surface area contributed by atoms with Gasteiger partial charge < -0.3 is 5.32 Å². The van der Waals surface area contributed by atoms with E-state index in [1.807, 2.05) is 0 Å². The average Bonchev–Trinajstić information content (AvgIpc) is 3.20. The van der Waals surface area contributed by atoms with Crippen molar-refractivity contribution in [2.75, 3.05) is 17.0 Å². The van der Waals surface area contributed by atoms with Gasteiger partial charge in [-0.15, -0.1) is 11.3 Å². The Morgan fingerprint density at radius 2 is 2.04 bits per heavy atom. The first-order chi connectivity index (χ1) is 11.5. The Labute approximate surface area is 147 Å². The second-order valence-corrected chi connectivity index (χ2v) is 8.45. The lowest BCUT2D eigenvalue weighted by Gasteiger charge is -2.04. The lowest BCUT2D eigenvalue weighted by Crippen LogP contribution is -2.28. The van der Waals surface area contributed by atoms with Crippen molar-refractivity contribution in [1.82, 2.24) is 10.3 Å². The number of nitrogens with one attached hydrogen (secondary N) is 2. The van der Waals surface area contributed by atoms with Crippen molar-refractivity contribution in [3.8, 4) is 0 Å². The smallest absolute Gasteiger partial charge is 0.263 e. The molecule has 10 heteroatoms. The Balaban J connectivity index is 1.62. The van der Waals surface area contributed by atoms with Gasteiger partial charge in [0.2, 0.25) is 5.91 Å². The molecule has 0 unspecified atom stereocenters. The van der Waals surface area contributed by atoms with Crippen LogP contribution < -0.4 is 10.0 Å². The summed E-state index contributed by atoms with van der Waals surface area (Å²) in [4.78, 5) is 20.4. The summed E-state index contributed by atoms with van der Waals surface area (Å²) in [5.41, 5.74) is 0.506. The number of carbonyl (C=O) groups is 1. The zero-order valence-corrected chi connectivity index (χ0v) is 14.9. The molecule has 0 fully saturated rings. The minimum absolute atomic E-state index is 0.0726. The Morgan fingerprint density at radius 3 is 2.75 bits per heavy atom. The summed E-state index contributed by atoms with van der Waals surface area (Å²) in [7, 11) is -3.67. The molecule has 2 N–H and O–H groups in total. The number of carbonyl (C=O) groups excluding carboxylic acids is 1. The van der Waals surface area contributed by atoms with Crippen LogP contribution in [0.1, 0.15) is 5.69 Å². The summed E-state index contributed by atoms with van der Waals surface area (Å²) in [6, 6.07) is 8.05. The number of aromatic nitrogens is 1. The zero-order valence-electron chi connectivity index (χ0n) is 12.4. The van der Waals surface area contributed by atoms with Crippen molar-refractivity contribution in [3.05, 3.63) is 41.4 Å². The topological polar surface area (TPSA) is 101 Å². The third kappa shape index (κ3) is 4.34. The minimum Gasteiger partial charge on any atom is -0.305 e. The third-order valence-electron chi connectivity index (χ3n) is 3.00. The lowest BCUT2D eigenvalue weighted by molar-refractivity contribution is -0.119. The van der Waals surface area contributed by atoms with E-state index in [4.69, 9.17) is 0 Å². The van der Waals surface area contributed by atoms with E-state index in [1.165, 1.54) is 23.9 Å². The molecule has 0 saturated carbocycles. The van der Waals surface area contributed by atoms with E-state index in [0.717, 1.165) is 17.1 Å². The molecule has 0 aliphatic carbocycles.